The number of rotatable bonds is 5. The quantitative estimate of drug-likeness (QED) is 0.371. The van der Waals surface area contributed by atoms with Crippen LogP contribution in [0.4, 0.5) is 0 Å². The van der Waals surface area contributed by atoms with Crippen LogP contribution in [0.2, 0.25) is 0 Å². The molecule has 0 aliphatic rings. The molecular weight excluding hydrogens is 164 g/mol. The van der Waals surface area contributed by atoms with Crippen molar-refractivity contribution in [1.82, 2.24) is 0 Å². The highest BCUT2D eigenvalue weighted by Crippen LogP contribution is 2.02. The Bertz CT molecular complexity index is 214. The standard InChI is InChI=1S/C11H18O2/c1-5-6-10(4)7-8-13-11(12)9(2)3/h7H,2,5-6,8H2,1,3-4H3/b10-7+. The molecule has 0 aliphatic carbocycles. The molecule has 0 aromatic rings. The summed E-state index contributed by atoms with van der Waals surface area (Å²) in [5, 5.41) is 0. The lowest BCUT2D eigenvalue weighted by molar-refractivity contribution is -0.137. The van der Waals surface area contributed by atoms with Gasteiger partial charge in [-0.2, -0.15) is 0 Å². The molecule has 0 fully saturated rings. The number of carbonyl (C=O) groups is 1. The molecule has 2 nitrogen and oxygen atoms in total. The molecule has 0 atom stereocenters. The zero-order valence-electron chi connectivity index (χ0n) is 8.72. The van der Waals surface area contributed by atoms with E-state index in [1.807, 2.05) is 13.0 Å². The smallest absolute Gasteiger partial charge is 0.333 e. The van der Waals surface area contributed by atoms with Gasteiger partial charge in [0.15, 0.2) is 0 Å². The van der Waals surface area contributed by atoms with E-state index < -0.39 is 0 Å². The van der Waals surface area contributed by atoms with Crippen LogP contribution in [0.3, 0.4) is 0 Å². The first kappa shape index (κ1) is 11.9. The van der Waals surface area contributed by atoms with Crippen molar-refractivity contribution in [2.24, 2.45) is 0 Å². The topological polar surface area (TPSA) is 26.3 Å². The molecule has 0 aliphatic heterocycles. The lowest BCUT2D eigenvalue weighted by Crippen LogP contribution is -2.04. The van der Waals surface area contributed by atoms with Crippen LogP contribution in [0.5, 0.6) is 0 Å². The minimum Gasteiger partial charge on any atom is -0.458 e. The number of ether oxygens (including phenoxy) is 1. The second kappa shape index (κ2) is 6.46. The monoisotopic (exact) mass is 182 g/mol. The molecule has 0 rings (SSSR count). The number of hydrogen-bond acceptors (Lipinski definition) is 2. The van der Waals surface area contributed by atoms with Gasteiger partial charge in [0, 0.05) is 5.57 Å². The molecule has 2 heteroatoms. The molecule has 0 saturated heterocycles. The van der Waals surface area contributed by atoms with Gasteiger partial charge in [-0.15, -0.1) is 0 Å². The average Bonchev–Trinajstić information content (AvgIpc) is 2.04. The molecule has 0 unspecified atom stereocenters. The van der Waals surface area contributed by atoms with E-state index >= 15 is 0 Å². The van der Waals surface area contributed by atoms with Crippen LogP contribution in [0.25, 0.3) is 0 Å². The Morgan fingerprint density at radius 2 is 2.08 bits per heavy atom. The highest BCUT2D eigenvalue weighted by molar-refractivity contribution is 5.86. The van der Waals surface area contributed by atoms with E-state index in [0.29, 0.717) is 12.2 Å². The van der Waals surface area contributed by atoms with Crippen molar-refractivity contribution in [2.75, 3.05) is 6.61 Å². The van der Waals surface area contributed by atoms with Gasteiger partial charge >= 0.3 is 5.97 Å². The molecule has 0 heterocycles. The molecule has 0 aromatic carbocycles. The van der Waals surface area contributed by atoms with Gasteiger partial charge in [-0.05, 0) is 26.3 Å². The van der Waals surface area contributed by atoms with Crippen molar-refractivity contribution in [3.63, 3.8) is 0 Å². The third-order valence-electron chi connectivity index (χ3n) is 1.64. The molecule has 0 radical (unpaired) electrons. The maximum absolute atomic E-state index is 10.9. The SMILES string of the molecule is C=C(C)C(=O)OC/C=C(\C)CCC. The third kappa shape index (κ3) is 6.14. The van der Waals surface area contributed by atoms with Gasteiger partial charge in [-0.3, -0.25) is 0 Å². The fraction of sp³-hybridized carbons (Fsp3) is 0.545. The van der Waals surface area contributed by atoms with E-state index in [2.05, 4.69) is 13.5 Å². The fourth-order valence-corrected chi connectivity index (χ4v) is 0.879. The van der Waals surface area contributed by atoms with Crippen molar-refractivity contribution < 1.29 is 9.53 Å². The second-order valence-corrected chi connectivity index (χ2v) is 3.18. The third-order valence-corrected chi connectivity index (χ3v) is 1.64. The van der Waals surface area contributed by atoms with Crippen LogP contribution < -0.4 is 0 Å². The Morgan fingerprint density at radius 3 is 2.54 bits per heavy atom. The van der Waals surface area contributed by atoms with E-state index in [0.717, 1.165) is 12.8 Å². The zero-order valence-corrected chi connectivity index (χ0v) is 8.72. The van der Waals surface area contributed by atoms with Gasteiger partial charge in [0.1, 0.15) is 6.61 Å². The second-order valence-electron chi connectivity index (χ2n) is 3.18. The van der Waals surface area contributed by atoms with Crippen LogP contribution in [-0.2, 0) is 9.53 Å². The summed E-state index contributed by atoms with van der Waals surface area (Å²) in [7, 11) is 0. The van der Waals surface area contributed by atoms with Crippen LogP contribution in [0, 0.1) is 0 Å². The van der Waals surface area contributed by atoms with Crippen LogP contribution >= 0.6 is 0 Å². The number of carbonyl (C=O) groups excluding carboxylic acids is 1. The fourth-order valence-electron chi connectivity index (χ4n) is 0.879. The number of esters is 1. The van der Waals surface area contributed by atoms with Gasteiger partial charge in [-0.1, -0.05) is 25.5 Å². The van der Waals surface area contributed by atoms with Gasteiger partial charge < -0.3 is 4.74 Å². The first-order valence-corrected chi connectivity index (χ1v) is 4.56. The number of allylic oxidation sites excluding steroid dienone is 1. The van der Waals surface area contributed by atoms with Gasteiger partial charge in [0.25, 0.3) is 0 Å². The van der Waals surface area contributed by atoms with Crippen LogP contribution in [-0.4, -0.2) is 12.6 Å². The Labute approximate surface area is 80.3 Å². The molecule has 0 saturated carbocycles. The summed E-state index contributed by atoms with van der Waals surface area (Å²) in [6.45, 7) is 9.66. The van der Waals surface area contributed by atoms with E-state index in [9.17, 15) is 4.79 Å². The highest BCUT2D eigenvalue weighted by atomic mass is 16.5. The van der Waals surface area contributed by atoms with Crippen molar-refractivity contribution >= 4 is 5.97 Å². The average molecular weight is 182 g/mol. The molecular formula is C11H18O2. The molecule has 0 N–H and O–H groups in total. The summed E-state index contributed by atoms with van der Waals surface area (Å²) >= 11 is 0. The van der Waals surface area contributed by atoms with Crippen molar-refractivity contribution in [2.45, 2.75) is 33.6 Å². The summed E-state index contributed by atoms with van der Waals surface area (Å²) in [4.78, 5) is 10.9. The predicted molar refractivity (Wildman–Crippen MR) is 54.4 cm³/mol. The van der Waals surface area contributed by atoms with Crippen molar-refractivity contribution in [3.05, 3.63) is 23.8 Å². The molecule has 0 amide bonds. The first-order chi connectivity index (χ1) is 6.07. The molecule has 0 spiro atoms. The summed E-state index contributed by atoms with van der Waals surface area (Å²) in [5.41, 5.74) is 1.71. The largest absolute Gasteiger partial charge is 0.458 e. The molecule has 0 bridgehead atoms. The first-order valence-electron chi connectivity index (χ1n) is 4.56. The lowest BCUT2D eigenvalue weighted by Gasteiger charge is -2.01. The number of hydrogen-bond donors (Lipinski definition) is 0. The van der Waals surface area contributed by atoms with E-state index in [-0.39, 0.29) is 5.97 Å². The predicted octanol–water partition coefficient (Wildman–Crippen LogP) is 2.85. The summed E-state index contributed by atoms with van der Waals surface area (Å²) in [6, 6.07) is 0. The molecule has 13 heavy (non-hydrogen) atoms. The molecule has 0 aromatic heterocycles. The Morgan fingerprint density at radius 1 is 1.46 bits per heavy atom. The van der Waals surface area contributed by atoms with Gasteiger partial charge in [0.2, 0.25) is 0 Å². The summed E-state index contributed by atoms with van der Waals surface area (Å²) in [5.74, 6) is -0.319. The maximum atomic E-state index is 10.9. The van der Waals surface area contributed by atoms with Gasteiger partial charge in [0.05, 0.1) is 0 Å². The van der Waals surface area contributed by atoms with E-state index in [4.69, 9.17) is 4.74 Å². The van der Waals surface area contributed by atoms with Crippen molar-refractivity contribution in [3.8, 4) is 0 Å². The normalized spacial score (nSPS) is 11.2. The molecule has 74 valence electrons. The Kier molecular flexibility index (Phi) is 5.94. The lowest BCUT2D eigenvalue weighted by atomic mass is 10.2. The maximum Gasteiger partial charge on any atom is 0.333 e. The minimum atomic E-state index is -0.319. The Balaban J connectivity index is 3.72. The Hall–Kier alpha value is -1.05. The summed E-state index contributed by atoms with van der Waals surface area (Å²) < 4.78 is 4.91. The summed E-state index contributed by atoms with van der Waals surface area (Å²) in [6.07, 6.45) is 4.12. The van der Waals surface area contributed by atoms with Crippen molar-refractivity contribution in [1.29, 1.82) is 0 Å². The zero-order chi connectivity index (χ0) is 10.3. The van der Waals surface area contributed by atoms with E-state index in [1.165, 1.54) is 5.57 Å². The van der Waals surface area contributed by atoms with Crippen LogP contribution in [0.15, 0.2) is 23.8 Å². The van der Waals surface area contributed by atoms with E-state index in [1.54, 1.807) is 6.92 Å². The van der Waals surface area contributed by atoms with Gasteiger partial charge in [-0.25, -0.2) is 4.79 Å². The minimum absolute atomic E-state index is 0.319. The van der Waals surface area contributed by atoms with Crippen LogP contribution in [0.1, 0.15) is 33.6 Å². The highest BCUT2D eigenvalue weighted by Gasteiger charge is 2.00.